The molecule has 2 aromatic rings. The number of ether oxygens (including phenoxy) is 1. The molecule has 6 nitrogen and oxygen atoms in total. The van der Waals surface area contributed by atoms with E-state index in [1.807, 2.05) is 40.9 Å². The molecule has 4 rings (SSSR count). The Kier molecular flexibility index (Phi) is 6.11. The number of methoxy groups -OCH3 is 1. The number of hydrogen-bond donors (Lipinski definition) is 0. The van der Waals surface area contributed by atoms with Crippen molar-refractivity contribution in [3.63, 3.8) is 0 Å². The second-order valence-corrected chi connectivity index (χ2v) is 8.20. The summed E-state index contributed by atoms with van der Waals surface area (Å²) >= 11 is 0. The number of fused-ring (bicyclic) bond motifs is 1. The van der Waals surface area contributed by atoms with E-state index in [1.165, 1.54) is 12.1 Å². The fraction of sp³-hybridized carbons (Fsp3) is 0.522. The molecule has 1 amide bonds. The Morgan fingerprint density at radius 2 is 1.80 bits per heavy atom. The van der Waals surface area contributed by atoms with Crippen molar-refractivity contribution in [2.24, 2.45) is 7.05 Å². The van der Waals surface area contributed by atoms with Gasteiger partial charge in [0.2, 0.25) is 0 Å². The second-order valence-electron chi connectivity index (χ2n) is 8.20. The Morgan fingerprint density at radius 3 is 2.43 bits per heavy atom. The van der Waals surface area contributed by atoms with E-state index in [0.29, 0.717) is 6.54 Å². The smallest absolute Gasteiger partial charge is 0.255 e. The van der Waals surface area contributed by atoms with Crippen LogP contribution in [0, 0.1) is 5.82 Å². The van der Waals surface area contributed by atoms with Crippen molar-refractivity contribution in [2.75, 3.05) is 51.3 Å². The molecule has 2 unspecified atom stereocenters. The fourth-order valence-corrected chi connectivity index (χ4v) is 4.84. The number of anilines is 1. The van der Waals surface area contributed by atoms with Crippen LogP contribution in [0.25, 0.3) is 0 Å². The summed E-state index contributed by atoms with van der Waals surface area (Å²) in [6.07, 6.45) is 2.72. The Morgan fingerprint density at radius 1 is 1.10 bits per heavy atom. The lowest BCUT2D eigenvalue weighted by atomic mass is 10.0. The first-order valence-electron chi connectivity index (χ1n) is 10.7. The topological polar surface area (TPSA) is 41.0 Å². The van der Waals surface area contributed by atoms with Crippen LogP contribution in [-0.2, 0) is 11.8 Å². The molecule has 0 saturated carbocycles. The number of piperazine rings is 1. The molecule has 2 aliphatic heterocycles. The molecular weight excluding hydrogens is 383 g/mol. The third-order valence-electron chi connectivity index (χ3n) is 6.39. The van der Waals surface area contributed by atoms with Crippen LogP contribution in [0.2, 0.25) is 0 Å². The quantitative estimate of drug-likeness (QED) is 0.755. The van der Waals surface area contributed by atoms with Gasteiger partial charge in [-0.05, 0) is 36.8 Å². The zero-order valence-corrected chi connectivity index (χ0v) is 18.1. The maximum Gasteiger partial charge on any atom is 0.255 e. The number of aryl methyl sites for hydroxylation is 1. The molecule has 0 bridgehead atoms. The van der Waals surface area contributed by atoms with Gasteiger partial charge in [-0.3, -0.25) is 9.69 Å². The van der Waals surface area contributed by atoms with E-state index in [9.17, 15) is 9.18 Å². The fourth-order valence-electron chi connectivity index (χ4n) is 4.84. The molecule has 162 valence electrons. The van der Waals surface area contributed by atoms with Crippen molar-refractivity contribution in [3.05, 3.63) is 53.6 Å². The SMILES string of the molecule is CCCN1CC(N2CCN(c3ccc(F)cc3)CC2)C(OC)c2c(ccn2C)C1=O. The number of carbonyl (C=O) groups excluding carboxylic acids is 1. The number of halogens is 1. The highest BCUT2D eigenvalue weighted by atomic mass is 19.1. The van der Waals surface area contributed by atoms with Crippen molar-refractivity contribution >= 4 is 11.6 Å². The number of benzene rings is 1. The Bertz CT molecular complexity index is 874. The number of nitrogens with zero attached hydrogens (tertiary/aromatic N) is 4. The highest BCUT2D eigenvalue weighted by Gasteiger charge is 2.40. The largest absolute Gasteiger partial charge is 0.373 e. The molecule has 2 aliphatic rings. The third-order valence-corrected chi connectivity index (χ3v) is 6.39. The van der Waals surface area contributed by atoms with Crippen molar-refractivity contribution < 1.29 is 13.9 Å². The zero-order valence-electron chi connectivity index (χ0n) is 18.1. The van der Waals surface area contributed by atoms with Gasteiger partial charge in [0.15, 0.2) is 0 Å². The zero-order chi connectivity index (χ0) is 21.3. The van der Waals surface area contributed by atoms with Crippen LogP contribution in [-0.4, -0.2) is 72.7 Å². The minimum Gasteiger partial charge on any atom is -0.373 e. The van der Waals surface area contributed by atoms with E-state index in [0.717, 1.165) is 56.1 Å². The van der Waals surface area contributed by atoms with E-state index in [-0.39, 0.29) is 23.9 Å². The molecule has 1 aromatic heterocycles. The van der Waals surface area contributed by atoms with Gasteiger partial charge < -0.3 is 19.1 Å². The van der Waals surface area contributed by atoms with E-state index in [1.54, 1.807) is 7.11 Å². The van der Waals surface area contributed by atoms with Crippen LogP contribution in [0.5, 0.6) is 0 Å². The summed E-state index contributed by atoms with van der Waals surface area (Å²) < 4.78 is 21.3. The Balaban J connectivity index is 1.57. The lowest BCUT2D eigenvalue weighted by Gasteiger charge is -2.43. The molecule has 0 N–H and O–H groups in total. The second kappa shape index (κ2) is 8.78. The number of amides is 1. The van der Waals surface area contributed by atoms with Gasteiger partial charge >= 0.3 is 0 Å². The number of aromatic nitrogens is 1. The van der Waals surface area contributed by atoms with Gasteiger partial charge in [0.1, 0.15) is 11.9 Å². The minimum absolute atomic E-state index is 0.0933. The summed E-state index contributed by atoms with van der Waals surface area (Å²) in [5, 5.41) is 0. The molecule has 0 aliphatic carbocycles. The lowest BCUT2D eigenvalue weighted by Crippen LogP contribution is -2.55. The van der Waals surface area contributed by atoms with Crippen LogP contribution >= 0.6 is 0 Å². The maximum absolute atomic E-state index is 13.3. The van der Waals surface area contributed by atoms with Crippen LogP contribution < -0.4 is 4.90 Å². The normalized spacial score (nSPS) is 22.9. The van der Waals surface area contributed by atoms with E-state index in [2.05, 4.69) is 16.7 Å². The molecule has 1 fully saturated rings. The number of rotatable bonds is 5. The minimum atomic E-state index is -0.210. The standard InChI is InChI=1S/C23H31FN4O2/c1-4-10-28-16-20(22(30-3)21-19(23(28)29)9-11-25(21)2)27-14-12-26(13-15-27)18-7-5-17(24)6-8-18/h5-9,11,20,22H,4,10,12-16H2,1-3H3. The van der Waals surface area contributed by atoms with Crippen LogP contribution in [0.15, 0.2) is 36.5 Å². The summed E-state index contributed by atoms with van der Waals surface area (Å²) in [4.78, 5) is 19.9. The van der Waals surface area contributed by atoms with Gasteiger partial charge in [0.25, 0.3) is 5.91 Å². The molecule has 3 heterocycles. The first kappa shape index (κ1) is 20.9. The van der Waals surface area contributed by atoms with Crippen molar-refractivity contribution in [2.45, 2.75) is 25.5 Å². The van der Waals surface area contributed by atoms with E-state index in [4.69, 9.17) is 4.74 Å². The summed E-state index contributed by atoms with van der Waals surface area (Å²) in [6, 6.07) is 8.72. The van der Waals surface area contributed by atoms with Crippen LogP contribution in [0.3, 0.4) is 0 Å². The van der Waals surface area contributed by atoms with E-state index >= 15 is 0 Å². The Labute approximate surface area is 177 Å². The summed E-state index contributed by atoms with van der Waals surface area (Å²) in [5.41, 5.74) is 2.77. The molecule has 1 saturated heterocycles. The van der Waals surface area contributed by atoms with Gasteiger partial charge in [-0.15, -0.1) is 0 Å². The summed E-state index contributed by atoms with van der Waals surface area (Å²) in [7, 11) is 3.72. The van der Waals surface area contributed by atoms with Gasteiger partial charge in [-0.2, -0.15) is 0 Å². The molecular formula is C23H31FN4O2. The first-order valence-corrected chi connectivity index (χ1v) is 10.7. The van der Waals surface area contributed by atoms with Gasteiger partial charge in [-0.25, -0.2) is 4.39 Å². The van der Waals surface area contributed by atoms with E-state index < -0.39 is 0 Å². The highest BCUT2D eigenvalue weighted by molar-refractivity contribution is 5.96. The van der Waals surface area contributed by atoms with Crippen molar-refractivity contribution in [1.82, 2.24) is 14.4 Å². The third kappa shape index (κ3) is 3.84. The average Bonchev–Trinajstić information content (AvgIpc) is 3.09. The van der Waals surface area contributed by atoms with Crippen LogP contribution in [0.1, 0.15) is 35.5 Å². The summed E-state index contributed by atoms with van der Waals surface area (Å²) in [5.74, 6) is -0.111. The van der Waals surface area contributed by atoms with Gasteiger partial charge in [-0.1, -0.05) is 6.92 Å². The summed E-state index contributed by atoms with van der Waals surface area (Å²) in [6.45, 7) is 6.98. The van der Waals surface area contributed by atoms with Crippen molar-refractivity contribution in [1.29, 1.82) is 0 Å². The molecule has 0 spiro atoms. The number of carbonyl (C=O) groups is 1. The molecule has 0 radical (unpaired) electrons. The lowest BCUT2D eigenvalue weighted by molar-refractivity contribution is -0.00306. The monoisotopic (exact) mass is 414 g/mol. The van der Waals surface area contributed by atoms with Gasteiger partial charge in [0.05, 0.1) is 17.3 Å². The number of hydrogen-bond acceptors (Lipinski definition) is 4. The molecule has 7 heteroatoms. The maximum atomic E-state index is 13.3. The molecule has 2 atom stereocenters. The van der Waals surface area contributed by atoms with Crippen molar-refractivity contribution in [3.8, 4) is 0 Å². The average molecular weight is 415 g/mol. The van der Waals surface area contributed by atoms with Gasteiger partial charge in [0, 0.05) is 65.3 Å². The molecule has 1 aromatic carbocycles. The molecule has 30 heavy (non-hydrogen) atoms. The van der Waals surface area contributed by atoms with Crippen LogP contribution in [0.4, 0.5) is 10.1 Å². The predicted molar refractivity (Wildman–Crippen MR) is 115 cm³/mol. The predicted octanol–water partition coefficient (Wildman–Crippen LogP) is 2.91. The highest BCUT2D eigenvalue weighted by Crippen LogP contribution is 2.33. The first-order chi connectivity index (χ1) is 14.5. The Hall–Kier alpha value is -2.38.